The summed E-state index contributed by atoms with van der Waals surface area (Å²) in [5.41, 5.74) is 6.68. The molecule has 0 atom stereocenters. The number of nitroso groups, excluding NO2 is 1. The van der Waals surface area contributed by atoms with Gasteiger partial charge in [0, 0.05) is 24.0 Å². The van der Waals surface area contributed by atoms with Crippen molar-refractivity contribution < 1.29 is 9.53 Å². The number of ether oxygens (including phenoxy) is 1. The Hall–Kier alpha value is -3.01. The van der Waals surface area contributed by atoms with Crippen LogP contribution in [0.4, 0.5) is 0 Å². The molecule has 2 aromatic carbocycles. The molecule has 4 nitrogen and oxygen atoms in total. The highest BCUT2D eigenvalue weighted by Crippen LogP contribution is 2.46. The number of rotatable bonds is 4. The lowest BCUT2D eigenvalue weighted by atomic mass is 9.95. The standard InChI is InChI=1S/C21H17NO3/c1-2-25-21(23)18-12-13-7-3-5-9-15(13)19(18)17-11-14-8-4-6-10-16(14)20(17)22-24/h3-10H,2,11-12H2,1H3. The molecule has 0 fully saturated rings. The van der Waals surface area contributed by atoms with Crippen molar-refractivity contribution in [2.75, 3.05) is 6.61 Å². The van der Waals surface area contributed by atoms with Crippen LogP contribution < -0.4 is 0 Å². The molecule has 2 aliphatic carbocycles. The van der Waals surface area contributed by atoms with Crippen molar-refractivity contribution in [1.29, 1.82) is 0 Å². The molecule has 0 aliphatic heterocycles. The van der Waals surface area contributed by atoms with Crippen molar-refractivity contribution in [1.82, 2.24) is 0 Å². The van der Waals surface area contributed by atoms with Gasteiger partial charge in [0.1, 0.15) is 5.70 Å². The molecule has 0 N–H and O–H groups in total. The van der Waals surface area contributed by atoms with Crippen molar-refractivity contribution in [2.24, 2.45) is 5.18 Å². The lowest BCUT2D eigenvalue weighted by Gasteiger charge is -2.10. The molecule has 0 radical (unpaired) electrons. The van der Waals surface area contributed by atoms with E-state index in [-0.39, 0.29) is 5.97 Å². The fourth-order valence-corrected chi connectivity index (χ4v) is 3.75. The molecule has 0 spiro atoms. The van der Waals surface area contributed by atoms with Crippen LogP contribution in [0.25, 0.3) is 11.3 Å². The first kappa shape index (κ1) is 15.5. The van der Waals surface area contributed by atoms with E-state index >= 15 is 0 Å². The van der Waals surface area contributed by atoms with Gasteiger partial charge in [-0.05, 0) is 39.9 Å². The zero-order valence-electron chi connectivity index (χ0n) is 13.9. The molecule has 2 aliphatic rings. The number of allylic oxidation sites excluding steroid dienone is 2. The normalized spacial score (nSPS) is 15.2. The Labute approximate surface area is 145 Å². The van der Waals surface area contributed by atoms with E-state index in [9.17, 15) is 9.70 Å². The summed E-state index contributed by atoms with van der Waals surface area (Å²) in [7, 11) is 0. The summed E-state index contributed by atoms with van der Waals surface area (Å²) in [6.07, 6.45) is 1.13. The van der Waals surface area contributed by atoms with E-state index in [1.807, 2.05) is 48.5 Å². The Kier molecular flexibility index (Phi) is 3.80. The second-order valence-corrected chi connectivity index (χ2v) is 6.16. The third-order valence-electron chi connectivity index (χ3n) is 4.80. The molecule has 25 heavy (non-hydrogen) atoms. The summed E-state index contributed by atoms with van der Waals surface area (Å²) in [5.74, 6) is -0.317. The van der Waals surface area contributed by atoms with Gasteiger partial charge in [-0.2, -0.15) is 0 Å². The van der Waals surface area contributed by atoms with Gasteiger partial charge in [0.15, 0.2) is 0 Å². The molecular weight excluding hydrogens is 314 g/mol. The van der Waals surface area contributed by atoms with Crippen LogP contribution in [0.3, 0.4) is 0 Å². The van der Waals surface area contributed by atoms with Gasteiger partial charge < -0.3 is 4.74 Å². The number of fused-ring (bicyclic) bond motifs is 2. The van der Waals surface area contributed by atoms with Gasteiger partial charge in [0.25, 0.3) is 0 Å². The van der Waals surface area contributed by atoms with Crippen molar-refractivity contribution in [2.45, 2.75) is 19.8 Å². The average molecular weight is 331 g/mol. The van der Waals surface area contributed by atoms with Gasteiger partial charge in [-0.25, -0.2) is 4.79 Å². The van der Waals surface area contributed by atoms with Crippen LogP contribution in [-0.4, -0.2) is 12.6 Å². The zero-order valence-corrected chi connectivity index (χ0v) is 13.9. The Bertz CT molecular complexity index is 953. The Balaban J connectivity index is 1.93. The maximum atomic E-state index is 12.5. The van der Waals surface area contributed by atoms with Crippen LogP contribution in [0.5, 0.6) is 0 Å². The predicted octanol–water partition coefficient (Wildman–Crippen LogP) is 4.29. The third-order valence-corrected chi connectivity index (χ3v) is 4.80. The first-order chi connectivity index (χ1) is 12.2. The minimum Gasteiger partial charge on any atom is -0.463 e. The smallest absolute Gasteiger partial charge is 0.334 e. The van der Waals surface area contributed by atoms with E-state index in [4.69, 9.17) is 4.74 Å². The second kappa shape index (κ2) is 6.13. The number of hydrogen-bond acceptors (Lipinski definition) is 4. The summed E-state index contributed by atoms with van der Waals surface area (Å²) in [6, 6.07) is 15.7. The number of esters is 1. The number of benzene rings is 2. The van der Waals surface area contributed by atoms with Gasteiger partial charge >= 0.3 is 5.97 Å². The maximum Gasteiger partial charge on any atom is 0.334 e. The van der Waals surface area contributed by atoms with E-state index in [2.05, 4.69) is 5.18 Å². The molecule has 0 heterocycles. The molecule has 124 valence electrons. The zero-order chi connectivity index (χ0) is 17.4. The third kappa shape index (κ3) is 2.41. The predicted molar refractivity (Wildman–Crippen MR) is 96.6 cm³/mol. The van der Waals surface area contributed by atoms with Crippen molar-refractivity contribution in [3.8, 4) is 0 Å². The molecule has 0 saturated carbocycles. The number of nitrogens with zero attached hydrogens (tertiary/aromatic N) is 1. The molecular formula is C21H17NO3. The fourth-order valence-electron chi connectivity index (χ4n) is 3.75. The van der Waals surface area contributed by atoms with E-state index in [1.54, 1.807) is 6.92 Å². The SMILES string of the molecule is CCOC(=O)C1=C(C2=C(N=O)c3ccccc3C2)c2ccccc2C1. The Morgan fingerprint density at radius 2 is 1.64 bits per heavy atom. The second-order valence-electron chi connectivity index (χ2n) is 6.16. The van der Waals surface area contributed by atoms with E-state index < -0.39 is 0 Å². The summed E-state index contributed by atoms with van der Waals surface area (Å²) in [4.78, 5) is 24.1. The highest BCUT2D eigenvalue weighted by Gasteiger charge is 2.33. The Morgan fingerprint density at radius 3 is 2.32 bits per heavy atom. The van der Waals surface area contributed by atoms with Gasteiger partial charge in [0.2, 0.25) is 0 Å². The number of carbonyl (C=O) groups excluding carboxylic acids is 1. The highest BCUT2D eigenvalue weighted by atomic mass is 16.5. The summed E-state index contributed by atoms with van der Waals surface area (Å²) in [6.45, 7) is 2.12. The Morgan fingerprint density at radius 1 is 1.00 bits per heavy atom. The van der Waals surface area contributed by atoms with Crippen LogP contribution in [0.1, 0.15) is 29.2 Å². The topological polar surface area (TPSA) is 55.7 Å². The first-order valence-corrected chi connectivity index (χ1v) is 8.38. The van der Waals surface area contributed by atoms with E-state index in [1.165, 1.54) is 0 Å². The van der Waals surface area contributed by atoms with Crippen LogP contribution in [0, 0.1) is 4.91 Å². The van der Waals surface area contributed by atoms with Crippen LogP contribution in [0.15, 0.2) is 64.9 Å². The minimum atomic E-state index is -0.317. The molecule has 0 amide bonds. The fraction of sp³-hybridized carbons (Fsp3) is 0.190. The monoisotopic (exact) mass is 331 g/mol. The molecule has 0 saturated heterocycles. The van der Waals surface area contributed by atoms with Crippen molar-refractivity contribution >= 4 is 17.2 Å². The number of hydrogen-bond donors (Lipinski definition) is 0. The minimum absolute atomic E-state index is 0.317. The number of carbonyl (C=O) groups is 1. The quantitative estimate of drug-likeness (QED) is 0.620. The molecule has 4 rings (SSSR count). The lowest BCUT2D eigenvalue weighted by molar-refractivity contribution is -0.138. The first-order valence-electron chi connectivity index (χ1n) is 8.38. The molecule has 0 unspecified atom stereocenters. The van der Waals surface area contributed by atoms with Gasteiger partial charge in [0.05, 0.1) is 6.61 Å². The maximum absolute atomic E-state index is 12.5. The van der Waals surface area contributed by atoms with Gasteiger partial charge in [-0.1, -0.05) is 48.5 Å². The van der Waals surface area contributed by atoms with Gasteiger partial charge in [-0.15, -0.1) is 4.91 Å². The van der Waals surface area contributed by atoms with Crippen molar-refractivity contribution in [3.63, 3.8) is 0 Å². The van der Waals surface area contributed by atoms with Crippen LogP contribution in [0.2, 0.25) is 0 Å². The lowest BCUT2D eigenvalue weighted by Crippen LogP contribution is -2.09. The molecule has 0 bridgehead atoms. The molecule has 4 heteroatoms. The van der Waals surface area contributed by atoms with Crippen LogP contribution in [-0.2, 0) is 22.4 Å². The van der Waals surface area contributed by atoms with E-state index in [0.29, 0.717) is 30.7 Å². The van der Waals surface area contributed by atoms with Crippen LogP contribution >= 0.6 is 0 Å². The summed E-state index contributed by atoms with van der Waals surface area (Å²) in [5, 5.41) is 3.31. The van der Waals surface area contributed by atoms with Crippen molar-refractivity contribution in [3.05, 3.63) is 86.8 Å². The van der Waals surface area contributed by atoms with Gasteiger partial charge in [-0.3, -0.25) is 0 Å². The average Bonchev–Trinajstić information content (AvgIpc) is 3.19. The molecule has 2 aromatic rings. The largest absolute Gasteiger partial charge is 0.463 e. The summed E-state index contributed by atoms with van der Waals surface area (Å²) >= 11 is 0. The highest BCUT2D eigenvalue weighted by molar-refractivity contribution is 6.08. The molecule has 0 aromatic heterocycles. The summed E-state index contributed by atoms with van der Waals surface area (Å²) < 4.78 is 5.26. The van der Waals surface area contributed by atoms with E-state index in [0.717, 1.165) is 33.4 Å².